The minimum atomic E-state index is 0.175. The average Bonchev–Trinajstić information content (AvgIpc) is 2.80. The molecular formula is C15H19NO3. The van der Waals surface area contributed by atoms with E-state index >= 15 is 0 Å². The van der Waals surface area contributed by atoms with E-state index in [-0.39, 0.29) is 11.8 Å². The van der Waals surface area contributed by atoms with Gasteiger partial charge in [0.1, 0.15) is 6.61 Å². The molecule has 1 saturated heterocycles. The zero-order valence-corrected chi connectivity index (χ0v) is 11.2. The molecule has 1 aromatic rings. The summed E-state index contributed by atoms with van der Waals surface area (Å²) in [5.74, 6) is 1.86. The summed E-state index contributed by atoms with van der Waals surface area (Å²) in [6, 6.07) is 7.50. The van der Waals surface area contributed by atoms with Crippen molar-refractivity contribution in [3.8, 4) is 11.5 Å². The van der Waals surface area contributed by atoms with Crippen LogP contribution in [0, 0.1) is 5.92 Å². The second kappa shape index (κ2) is 6.27. The third-order valence-electron chi connectivity index (χ3n) is 3.27. The lowest BCUT2D eigenvalue weighted by atomic mass is 10.1. The van der Waals surface area contributed by atoms with Crippen molar-refractivity contribution in [2.24, 2.45) is 5.92 Å². The zero-order valence-electron chi connectivity index (χ0n) is 11.2. The van der Waals surface area contributed by atoms with Crippen molar-refractivity contribution in [2.75, 3.05) is 26.8 Å². The molecule has 1 unspecified atom stereocenters. The molecule has 0 bridgehead atoms. The first-order chi connectivity index (χ1) is 9.24. The Morgan fingerprint density at radius 2 is 2.16 bits per heavy atom. The molecular weight excluding hydrogens is 242 g/mol. The highest BCUT2D eigenvalue weighted by atomic mass is 16.5. The van der Waals surface area contributed by atoms with Crippen molar-refractivity contribution in [2.45, 2.75) is 6.42 Å². The summed E-state index contributed by atoms with van der Waals surface area (Å²) in [5.41, 5.74) is 0. The molecule has 4 heteroatoms. The third kappa shape index (κ3) is 3.28. The number of rotatable bonds is 6. The standard InChI is InChI=1S/C15H19NO3/c1-3-12-10-15(17)16(11-12)8-9-19-14-7-5-4-6-13(14)18-2/h3-7,12H,1,8-11H2,2H3. The van der Waals surface area contributed by atoms with Gasteiger partial charge in [0.05, 0.1) is 13.7 Å². The maximum Gasteiger partial charge on any atom is 0.223 e. The molecule has 19 heavy (non-hydrogen) atoms. The Labute approximate surface area is 113 Å². The van der Waals surface area contributed by atoms with Crippen molar-refractivity contribution in [1.29, 1.82) is 0 Å². The van der Waals surface area contributed by atoms with E-state index < -0.39 is 0 Å². The van der Waals surface area contributed by atoms with Crippen LogP contribution in [0.15, 0.2) is 36.9 Å². The van der Waals surface area contributed by atoms with Crippen LogP contribution < -0.4 is 9.47 Å². The first-order valence-corrected chi connectivity index (χ1v) is 6.40. The van der Waals surface area contributed by atoms with Crippen molar-refractivity contribution in [3.05, 3.63) is 36.9 Å². The van der Waals surface area contributed by atoms with Crippen LogP contribution in [0.5, 0.6) is 11.5 Å². The number of likely N-dealkylation sites (tertiary alicyclic amines) is 1. The molecule has 4 nitrogen and oxygen atoms in total. The van der Waals surface area contributed by atoms with E-state index in [0.29, 0.717) is 31.1 Å². The van der Waals surface area contributed by atoms with E-state index in [1.165, 1.54) is 0 Å². The lowest BCUT2D eigenvalue weighted by Gasteiger charge is -2.17. The van der Waals surface area contributed by atoms with Gasteiger partial charge in [-0.05, 0) is 12.1 Å². The fraction of sp³-hybridized carbons (Fsp3) is 0.400. The summed E-state index contributed by atoms with van der Waals surface area (Å²) < 4.78 is 10.9. The monoisotopic (exact) mass is 261 g/mol. The predicted molar refractivity (Wildman–Crippen MR) is 73.4 cm³/mol. The van der Waals surface area contributed by atoms with Crippen LogP contribution in [0.2, 0.25) is 0 Å². The van der Waals surface area contributed by atoms with E-state index in [9.17, 15) is 4.79 Å². The number of benzene rings is 1. The van der Waals surface area contributed by atoms with E-state index in [1.807, 2.05) is 35.2 Å². The third-order valence-corrected chi connectivity index (χ3v) is 3.27. The number of ether oxygens (including phenoxy) is 2. The second-order valence-corrected chi connectivity index (χ2v) is 4.54. The van der Waals surface area contributed by atoms with Gasteiger partial charge < -0.3 is 14.4 Å². The van der Waals surface area contributed by atoms with Gasteiger partial charge in [-0.3, -0.25) is 4.79 Å². The molecule has 0 N–H and O–H groups in total. The predicted octanol–water partition coefficient (Wildman–Crippen LogP) is 2.11. The van der Waals surface area contributed by atoms with E-state index in [4.69, 9.17) is 9.47 Å². The van der Waals surface area contributed by atoms with Crippen LogP contribution >= 0.6 is 0 Å². The molecule has 1 amide bonds. The number of carbonyl (C=O) groups excluding carboxylic acids is 1. The van der Waals surface area contributed by atoms with Crippen LogP contribution in [0.3, 0.4) is 0 Å². The number of amides is 1. The summed E-state index contributed by atoms with van der Waals surface area (Å²) in [7, 11) is 1.61. The molecule has 0 aliphatic carbocycles. The maximum absolute atomic E-state index is 11.7. The lowest BCUT2D eigenvalue weighted by Crippen LogP contribution is -2.29. The molecule has 0 aromatic heterocycles. The molecule has 102 valence electrons. The van der Waals surface area contributed by atoms with Gasteiger partial charge in [0.15, 0.2) is 11.5 Å². The summed E-state index contributed by atoms with van der Waals surface area (Å²) in [6.07, 6.45) is 2.41. The maximum atomic E-state index is 11.7. The Morgan fingerprint density at radius 3 is 2.79 bits per heavy atom. The number of carbonyl (C=O) groups is 1. The Bertz CT molecular complexity index is 458. The molecule has 1 fully saturated rings. The van der Waals surface area contributed by atoms with Crippen molar-refractivity contribution >= 4 is 5.91 Å². The Kier molecular flexibility index (Phi) is 4.44. The van der Waals surface area contributed by atoms with Gasteiger partial charge in [-0.2, -0.15) is 0 Å². The highest BCUT2D eigenvalue weighted by Crippen LogP contribution is 2.26. The molecule has 2 rings (SSSR count). The minimum absolute atomic E-state index is 0.175. The van der Waals surface area contributed by atoms with Crippen LogP contribution in [0.4, 0.5) is 0 Å². The quantitative estimate of drug-likeness (QED) is 0.736. The number of hydrogen-bond donors (Lipinski definition) is 0. The first kappa shape index (κ1) is 13.5. The van der Waals surface area contributed by atoms with E-state index in [1.54, 1.807) is 7.11 Å². The fourth-order valence-corrected chi connectivity index (χ4v) is 2.18. The molecule has 1 atom stereocenters. The van der Waals surface area contributed by atoms with Crippen LogP contribution in [-0.2, 0) is 4.79 Å². The molecule has 1 heterocycles. The largest absolute Gasteiger partial charge is 0.493 e. The summed E-state index contributed by atoms with van der Waals surface area (Å²) >= 11 is 0. The molecule has 0 radical (unpaired) electrons. The van der Waals surface area contributed by atoms with Crippen LogP contribution in [-0.4, -0.2) is 37.6 Å². The average molecular weight is 261 g/mol. The molecule has 1 aliphatic rings. The fourth-order valence-electron chi connectivity index (χ4n) is 2.18. The Hall–Kier alpha value is -1.97. The van der Waals surface area contributed by atoms with Gasteiger partial charge in [0, 0.05) is 18.9 Å². The van der Waals surface area contributed by atoms with Gasteiger partial charge in [0.2, 0.25) is 5.91 Å². The SMILES string of the molecule is C=CC1CC(=O)N(CCOc2ccccc2OC)C1. The van der Waals surface area contributed by atoms with Crippen molar-refractivity contribution in [3.63, 3.8) is 0 Å². The molecule has 0 saturated carbocycles. The first-order valence-electron chi connectivity index (χ1n) is 6.40. The van der Waals surface area contributed by atoms with Crippen LogP contribution in [0.1, 0.15) is 6.42 Å². The number of para-hydroxylation sites is 2. The topological polar surface area (TPSA) is 38.8 Å². The van der Waals surface area contributed by atoms with Crippen molar-refractivity contribution in [1.82, 2.24) is 4.90 Å². The molecule has 0 spiro atoms. The van der Waals surface area contributed by atoms with E-state index in [2.05, 4.69) is 6.58 Å². The highest BCUT2D eigenvalue weighted by Gasteiger charge is 2.27. The number of methoxy groups -OCH3 is 1. The van der Waals surface area contributed by atoms with Crippen LogP contribution in [0.25, 0.3) is 0 Å². The normalized spacial score (nSPS) is 18.5. The van der Waals surface area contributed by atoms with E-state index in [0.717, 1.165) is 6.54 Å². The van der Waals surface area contributed by atoms with Crippen molar-refractivity contribution < 1.29 is 14.3 Å². The zero-order chi connectivity index (χ0) is 13.7. The summed E-state index contributed by atoms with van der Waals surface area (Å²) in [6.45, 7) is 5.55. The lowest BCUT2D eigenvalue weighted by molar-refractivity contribution is -0.128. The number of hydrogen-bond acceptors (Lipinski definition) is 3. The van der Waals surface area contributed by atoms with Gasteiger partial charge in [-0.1, -0.05) is 18.2 Å². The minimum Gasteiger partial charge on any atom is -0.493 e. The van der Waals surface area contributed by atoms with Gasteiger partial charge in [-0.15, -0.1) is 6.58 Å². The Balaban J connectivity index is 1.84. The summed E-state index contributed by atoms with van der Waals surface area (Å²) in [4.78, 5) is 13.5. The molecule has 1 aromatic carbocycles. The van der Waals surface area contributed by atoms with Gasteiger partial charge in [0.25, 0.3) is 0 Å². The smallest absolute Gasteiger partial charge is 0.223 e. The summed E-state index contributed by atoms with van der Waals surface area (Å²) in [5, 5.41) is 0. The second-order valence-electron chi connectivity index (χ2n) is 4.54. The highest BCUT2D eigenvalue weighted by molar-refractivity contribution is 5.78. The number of nitrogens with zero attached hydrogens (tertiary/aromatic N) is 1. The Morgan fingerprint density at radius 1 is 1.42 bits per heavy atom. The van der Waals surface area contributed by atoms with Gasteiger partial charge in [-0.25, -0.2) is 0 Å². The van der Waals surface area contributed by atoms with Gasteiger partial charge >= 0.3 is 0 Å². The molecule has 1 aliphatic heterocycles.